The second-order valence-electron chi connectivity index (χ2n) is 35.6. The van der Waals surface area contributed by atoms with Gasteiger partial charge in [0.2, 0.25) is 0 Å². The molecular formula is C117H100N10O8. The van der Waals surface area contributed by atoms with E-state index in [1.54, 1.807) is 0 Å². The molecule has 0 spiro atoms. The quantitative estimate of drug-likeness (QED) is 0.0463. The van der Waals surface area contributed by atoms with Crippen LogP contribution in [-0.2, 0) is 13.1 Å². The van der Waals surface area contributed by atoms with E-state index in [2.05, 4.69) is 156 Å². The zero-order valence-electron chi connectivity index (χ0n) is 78.5. The molecule has 17 heterocycles. The molecule has 4 aromatic carbocycles. The number of nitrogens with zero attached hydrogens (tertiary/aromatic N) is 9. The Balaban J connectivity index is 0.862. The third-order valence-electron chi connectivity index (χ3n) is 26.4. The number of furan rings is 8. The summed E-state index contributed by atoms with van der Waals surface area (Å²) >= 11 is 0. The van der Waals surface area contributed by atoms with Crippen LogP contribution in [0.15, 0.2) is 285 Å². The number of pyridine rings is 7. The van der Waals surface area contributed by atoms with Crippen LogP contribution in [0.2, 0.25) is 0 Å². The Labute approximate surface area is 782 Å². The molecule has 666 valence electrons. The van der Waals surface area contributed by atoms with Crippen molar-refractivity contribution in [3.8, 4) is 159 Å². The van der Waals surface area contributed by atoms with Gasteiger partial charge < -0.3 is 50.2 Å². The maximum Gasteiger partial charge on any atom is 0.152 e. The Morgan fingerprint density at radius 2 is 0.481 bits per heavy atom. The van der Waals surface area contributed by atoms with Gasteiger partial charge in [0.25, 0.3) is 0 Å². The van der Waals surface area contributed by atoms with E-state index in [9.17, 15) is 0 Å². The molecule has 0 unspecified atom stereocenters. The highest BCUT2D eigenvalue weighted by molar-refractivity contribution is 6.24. The monoisotopic (exact) mass is 1770 g/mol. The van der Waals surface area contributed by atoms with Crippen LogP contribution in [0, 0.1) is 111 Å². The number of unbranched alkanes of at least 4 members (excludes halogenated alkanes) is 1. The van der Waals surface area contributed by atoms with Crippen molar-refractivity contribution in [3.63, 3.8) is 0 Å². The zero-order chi connectivity index (χ0) is 93.2. The van der Waals surface area contributed by atoms with Gasteiger partial charge in [0, 0.05) is 90.4 Å². The molecule has 0 amide bonds. The average molecular weight is 1770 g/mol. The highest BCUT2D eigenvalue weighted by Gasteiger charge is 2.35. The van der Waals surface area contributed by atoms with Gasteiger partial charge in [-0.25, -0.2) is 34.9 Å². The van der Waals surface area contributed by atoms with E-state index in [1.807, 2.05) is 213 Å². The molecule has 0 aliphatic rings. The fourth-order valence-corrected chi connectivity index (χ4v) is 20.4. The third-order valence-corrected chi connectivity index (χ3v) is 26.4. The summed E-state index contributed by atoms with van der Waals surface area (Å²) in [7, 11) is 0. The number of benzene rings is 4. The van der Waals surface area contributed by atoms with Crippen LogP contribution in [0.4, 0.5) is 0 Å². The first-order chi connectivity index (χ1) is 65.4. The number of rotatable bonds is 23. The van der Waals surface area contributed by atoms with Crippen LogP contribution in [0.25, 0.3) is 214 Å². The van der Waals surface area contributed by atoms with Crippen molar-refractivity contribution < 1.29 is 35.3 Å². The first kappa shape index (κ1) is 85.6. The molecule has 17 aromatic heterocycles. The molecule has 0 bridgehead atoms. The minimum absolute atomic E-state index is 0.469. The number of aryl methyl sites for hydroxylation is 14. The number of hydrogen-bond acceptors (Lipinski definition) is 16. The van der Waals surface area contributed by atoms with Gasteiger partial charge in [-0.1, -0.05) is 61.2 Å². The van der Waals surface area contributed by atoms with Crippen molar-refractivity contribution in [2.45, 2.75) is 137 Å². The zero-order valence-corrected chi connectivity index (χ0v) is 78.5. The number of allylic oxidation sites excluding steroid dienone is 4. The highest BCUT2D eigenvalue weighted by Crippen LogP contribution is 2.55. The molecule has 18 nitrogen and oxygen atoms in total. The second-order valence-corrected chi connectivity index (χ2v) is 35.6. The van der Waals surface area contributed by atoms with Crippen LogP contribution in [0.5, 0.6) is 0 Å². The predicted molar refractivity (Wildman–Crippen MR) is 539 cm³/mol. The second kappa shape index (κ2) is 34.2. The lowest BCUT2D eigenvalue weighted by Gasteiger charge is -2.21. The SMILES string of the molecule is C=C(/C=C\C=C(/N)c1c(C)c(-c2cccc(-c3ccc(C)o3)n2)c(C)c2c3c(C)c(-c4cccc(-c5ccc(C)o5)n4)c(C)c(-c4cccc(-c5ccc(C)o5)n4)c3n(CCCCn3c4c(-c5cccc(-c6ccc(C)o6)n5)c(C)c(-c5cccc(-c6ccc(C)o6)n5)c(C)c4c4c(C)c(-c5cccc(-c6ccc(C)o6)n5)c(C)c(-c5cccc(-c6ccc(C)o6)n5)c43)c12)c1ccc(C)o1. The maximum atomic E-state index is 8.08. The van der Waals surface area contributed by atoms with Crippen LogP contribution in [0.1, 0.15) is 115 Å². The summed E-state index contributed by atoms with van der Waals surface area (Å²) in [5.41, 5.74) is 38.6. The van der Waals surface area contributed by atoms with Gasteiger partial charge >= 0.3 is 0 Å². The van der Waals surface area contributed by atoms with Crippen molar-refractivity contribution >= 4 is 54.9 Å². The molecule has 0 aliphatic carbocycles. The van der Waals surface area contributed by atoms with Gasteiger partial charge in [0.1, 0.15) is 91.7 Å². The maximum absolute atomic E-state index is 8.08. The van der Waals surface area contributed by atoms with E-state index in [0.717, 1.165) is 219 Å². The topological polar surface area (TPSA) is 231 Å². The standard InChI is InChI=1S/C117H100N10O8/c1-62(94-52-44-63(2)128-94)28-20-29-79(118)106-71(10)102(87-37-21-30-80(119-87)95-53-45-64(3)129-95)75(14)110-111-76(15)103(88-38-22-31-81(120-88)96-54-46-65(4)130-96)72(11)107(91-41-25-34-84(123-91)99-57-49-68(7)133-99)115(111)126(114(106)110)60-18-19-61-127-116-108(92-42-26-35-85(124-92)100-58-50-69(8)134-100)73(12)104(89-39-23-32-82(121-89)97-55-47-66(5)131-97)77(16)112(116)113-78(17)105(90-40-24-33-83(122-90)98-56-48-67(6)132-98)74(13)109(117(113)127)93-43-27-36-86(125-93)101-59-51-70(9)135-101/h20-59H,1,18-19,60-61,118H2,2-17H3/b28-20-,79-29-. The van der Waals surface area contributed by atoms with E-state index >= 15 is 0 Å². The Morgan fingerprint density at radius 1 is 0.259 bits per heavy atom. The van der Waals surface area contributed by atoms with E-state index < -0.39 is 0 Å². The molecule has 21 aromatic rings. The number of hydrogen-bond donors (Lipinski definition) is 1. The largest absolute Gasteiger partial charge is 0.461 e. The fraction of sp³-hybridized carbons (Fsp3) is 0.171. The normalized spacial score (nSPS) is 12.0. The molecule has 0 radical (unpaired) electrons. The predicted octanol–water partition coefficient (Wildman–Crippen LogP) is 30.7. The smallest absolute Gasteiger partial charge is 0.152 e. The van der Waals surface area contributed by atoms with Crippen LogP contribution < -0.4 is 5.73 Å². The van der Waals surface area contributed by atoms with E-state index in [1.165, 1.54) is 0 Å². The fourth-order valence-electron chi connectivity index (χ4n) is 20.4. The lowest BCUT2D eigenvalue weighted by Crippen LogP contribution is -2.09. The minimum Gasteiger partial charge on any atom is -0.461 e. The van der Waals surface area contributed by atoms with Gasteiger partial charge in [-0.05, 0) is 356 Å². The molecule has 21 rings (SSSR count). The van der Waals surface area contributed by atoms with Gasteiger partial charge in [-0.3, -0.25) is 0 Å². The molecule has 2 N–H and O–H groups in total. The van der Waals surface area contributed by atoms with Crippen molar-refractivity contribution in [3.05, 3.63) is 351 Å². The average Bonchev–Trinajstić information content (AvgIpc) is 1.54. The summed E-state index contributed by atoms with van der Waals surface area (Å²) in [4.78, 5) is 39.5. The number of aromatic nitrogens is 9. The van der Waals surface area contributed by atoms with E-state index in [4.69, 9.17) is 76.0 Å². The summed E-state index contributed by atoms with van der Waals surface area (Å²) in [6.45, 7) is 39.0. The summed E-state index contributed by atoms with van der Waals surface area (Å²) < 4.78 is 56.2. The van der Waals surface area contributed by atoms with Gasteiger partial charge in [-0.2, -0.15) is 0 Å². The Bertz CT molecular complexity index is 8200. The third kappa shape index (κ3) is 15.2. The lowest BCUT2D eigenvalue weighted by molar-refractivity contribution is 0.522. The highest BCUT2D eigenvalue weighted by atomic mass is 16.4. The molecule has 0 atom stereocenters. The van der Waals surface area contributed by atoms with Crippen molar-refractivity contribution in [1.29, 1.82) is 0 Å². The molecule has 0 fully saturated rings. The molecule has 0 saturated carbocycles. The van der Waals surface area contributed by atoms with E-state index in [-0.39, 0.29) is 0 Å². The van der Waals surface area contributed by atoms with E-state index in [0.29, 0.717) is 123 Å². The van der Waals surface area contributed by atoms with Crippen molar-refractivity contribution in [1.82, 2.24) is 44.0 Å². The molecule has 0 saturated heterocycles. The van der Waals surface area contributed by atoms with Crippen LogP contribution in [-0.4, -0.2) is 44.0 Å². The first-order valence-corrected chi connectivity index (χ1v) is 45.8. The number of fused-ring (bicyclic) bond motifs is 6. The summed E-state index contributed by atoms with van der Waals surface area (Å²) in [5.74, 6) is 11.5. The Morgan fingerprint density at radius 3 is 0.726 bits per heavy atom. The van der Waals surface area contributed by atoms with Crippen LogP contribution in [0.3, 0.4) is 0 Å². The van der Waals surface area contributed by atoms with Crippen molar-refractivity contribution in [2.24, 2.45) is 5.73 Å². The van der Waals surface area contributed by atoms with Crippen molar-refractivity contribution in [2.75, 3.05) is 0 Å². The minimum atomic E-state index is 0.469. The van der Waals surface area contributed by atoms with Crippen LogP contribution >= 0.6 is 0 Å². The van der Waals surface area contributed by atoms with Gasteiger partial charge in [-0.15, -0.1) is 0 Å². The summed E-state index contributed by atoms with van der Waals surface area (Å²) in [5, 5.41) is 4.04. The first-order valence-electron chi connectivity index (χ1n) is 45.8. The molecule has 135 heavy (non-hydrogen) atoms. The summed E-state index contributed by atoms with van der Waals surface area (Å²) in [6.07, 6.45) is 7.15. The van der Waals surface area contributed by atoms with Gasteiger partial charge in [0.05, 0.1) is 61.9 Å². The van der Waals surface area contributed by atoms with Gasteiger partial charge in [0.15, 0.2) is 40.3 Å². The summed E-state index contributed by atoms with van der Waals surface area (Å²) in [6, 6.07) is 75.2. The molecular weight excluding hydrogens is 1670 g/mol. The Hall–Kier alpha value is -16.2. The lowest BCUT2D eigenvalue weighted by atomic mass is 9.85. The Kier molecular flexibility index (Phi) is 21.7. The molecule has 0 aliphatic heterocycles. The molecule has 18 heteroatoms. The number of nitrogens with two attached hydrogens (primary N) is 1.